The number of fused-ring (bicyclic) bond motifs is 8. The first-order valence-corrected chi connectivity index (χ1v) is 46.2. The average Bonchev–Trinajstić information content (AvgIpc) is 1.58. The highest BCUT2D eigenvalue weighted by atomic mass is 35.5. The van der Waals surface area contributed by atoms with Crippen LogP contribution >= 0.6 is 34.3 Å². The lowest BCUT2D eigenvalue weighted by molar-refractivity contribution is -0.385. The zero-order valence-corrected chi connectivity index (χ0v) is 76.9. The molecule has 11 aromatic heterocycles. The molecule has 1 aliphatic heterocycles. The molecule has 0 aliphatic carbocycles. The van der Waals surface area contributed by atoms with E-state index in [2.05, 4.69) is 30.2 Å². The number of amides is 2. The van der Waals surface area contributed by atoms with Gasteiger partial charge in [-0.3, -0.25) is 43.9 Å². The van der Waals surface area contributed by atoms with E-state index < -0.39 is 218 Å². The van der Waals surface area contributed by atoms with Gasteiger partial charge in [0.2, 0.25) is 10.0 Å². The first-order chi connectivity index (χ1) is 69.0. The number of thiophene rings is 2. The predicted octanol–water partition coefficient (Wildman–Crippen LogP) is 14.2. The van der Waals surface area contributed by atoms with Crippen molar-refractivity contribution in [3.05, 3.63) is 375 Å². The van der Waals surface area contributed by atoms with Crippen LogP contribution in [0.4, 0.5) is 67.2 Å². The Morgan fingerprint density at radius 3 is 1.28 bits per heavy atom. The maximum absolute atomic E-state index is 14.6. The zero-order valence-electron chi connectivity index (χ0n) is 73.7. The van der Waals surface area contributed by atoms with Crippen LogP contribution in [0.25, 0.3) is 110 Å². The number of halogens is 15. The third kappa shape index (κ3) is 18.8. The van der Waals surface area contributed by atoms with Crippen molar-refractivity contribution in [1.29, 1.82) is 0 Å². The molecule has 146 heavy (non-hydrogen) atoms. The number of nitrogens with zero attached hydrogens (tertiary/aromatic N) is 11. The summed E-state index contributed by atoms with van der Waals surface area (Å²) in [5.41, 5.74) is -15.5. The standard InChI is InChI=1S/C24H15F5N4O5S2.C24H13F5N4O4.C23H12F4N4O6S.C22H20ClN5O3/c1-40(37,38)31-21(34)20-19(33-22(35)15-9-39-10-17(15)30-23(33)36)14-7-12(24(27,28)29)2-5-18(14)32(20)8-11-6-13(25)3-4-16(11)26;25-13-2-3-16(26)11(7-13)10-32-18-4-1-12(24(27,28)29)8-15(18)19(20(32)22(35)36)33-21(34)14-5-6-30-9-17(14)31-23(33)37;24-15-3-2-12(31(36)37)5-10(15)7-29-17-4-1-11(23(25,26)27)6-13(17)18(19(29)21(33)34)30-20(32)14-8-38-9-16(14)28-22(30)35;1-26-17-7-6-13(23)12-15(17)18(19(26)21(30)27-10-8-24-9-11-27)28-20(29)14-4-2-3-5-16(14)25-22(28)31/h2-7,9-10H,8H2,1H3,(H,30,36)(H,31,34);1-9H,10H2,(H,31,37)(H,35,36);1-6,8-9H,7H2,(H,28,35)(H,33,34);2-7,12,24H,8-11H2,1H3,(H,25,31). The van der Waals surface area contributed by atoms with Crippen LogP contribution in [0.2, 0.25) is 5.02 Å². The highest BCUT2D eigenvalue weighted by Crippen LogP contribution is 2.42. The van der Waals surface area contributed by atoms with E-state index in [1.54, 1.807) is 63.7 Å². The van der Waals surface area contributed by atoms with E-state index in [4.69, 9.17) is 11.6 Å². The van der Waals surface area contributed by atoms with Crippen LogP contribution in [0.3, 0.4) is 0 Å². The Labute approximate surface area is 813 Å². The maximum atomic E-state index is 14.6. The number of carboxylic acids is 2. The summed E-state index contributed by atoms with van der Waals surface area (Å²) >= 11 is 8.36. The molecule has 0 saturated carbocycles. The number of aromatic carboxylic acids is 2. The summed E-state index contributed by atoms with van der Waals surface area (Å²) < 4.78 is 226. The molecule has 2 amide bonds. The molecule has 0 spiro atoms. The Morgan fingerprint density at radius 2 is 0.842 bits per heavy atom. The largest absolute Gasteiger partial charge is 0.477 e. The lowest BCUT2D eigenvalue weighted by Gasteiger charge is -2.28. The number of nitrogens with one attached hydrogen (secondary N) is 6. The van der Waals surface area contributed by atoms with Crippen LogP contribution in [0.1, 0.15) is 75.3 Å². The van der Waals surface area contributed by atoms with Gasteiger partial charge in [0.1, 0.15) is 40.5 Å². The molecular weight excluding hydrogens is 2040 g/mol. The van der Waals surface area contributed by atoms with E-state index >= 15 is 0 Å². The van der Waals surface area contributed by atoms with Crippen molar-refractivity contribution in [2.45, 2.75) is 38.2 Å². The van der Waals surface area contributed by atoms with E-state index in [0.29, 0.717) is 109 Å². The van der Waals surface area contributed by atoms with Gasteiger partial charge < -0.3 is 58.6 Å². The number of pyridine rings is 1. The molecule has 0 atom stereocenters. The van der Waals surface area contributed by atoms with Gasteiger partial charge in [-0.2, -0.15) is 39.5 Å². The molecule has 1 saturated heterocycles. The maximum Gasteiger partial charge on any atom is 0.416 e. The normalized spacial score (nSPS) is 12.6. The number of nitro groups is 1. The number of alkyl halides is 9. The van der Waals surface area contributed by atoms with E-state index in [9.17, 15) is 148 Å². The van der Waals surface area contributed by atoms with Crippen LogP contribution in [-0.4, -0.2) is 146 Å². The molecule has 12 heterocycles. The Balaban J connectivity index is 0.000000134. The molecule has 0 radical (unpaired) electrons. The number of hydrogen-bond donors (Lipinski definition) is 8. The van der Waals surface area contributed by atoms with E-state index in [1.165, 1.54) is 40.0 Å². The minimum atomic E-state index is -4.90. The molecular formula is C93H60ClF14N17O18S3. The van der Waals surface area contributed by atoms with Crippen molar-refractivity contribution in [3.8, 4) is 22.7 Å². The smallest absolute Gasteiger partial charge is 0.416 e. The fourth-order valence-electron chi connectivity index (χ4n) is 17.0. The van der Waals surface area contributed by atoms with Crippen molar-refractivity contribution in [1.82, 2.24) is 76.4 Å². The van der Waals surface area contributed by atoms with Gasteiger partial charge in [-0.05, 0) is 133 Å². The highest BCUT2D eigenvalue weighted by Gasteiger charge is 2.40. The number of aromatic amines is 4. The number of carbonyl (C=O) groups excluding carboxylic acids is 2. The monoisotopic (exact) mass is 2100 g/mol. The fraction of sp³-hybridized carbons (Fsp3) is 0.129. The minimum Gasteiger partial charge on any atom is -0.477 e. The predicted molar refractivity (Wildman–Crippen MR) is 505 cm³/mol. The minimum absolute atomic E-state index is 0.0106. The SMILES string of the molecule is CS(=O)(=O)NC(=O)c1c(-n2c(=O)[nH]c3cscc3c2=O)c2cc(C(F)(F)F)ccc2n1Cc1cc(F)ccc1F.Cn1c(C(=O)N2CCNCC2)c(-n2c(=O)[nH]c3ccccc3c2=O)c2cc(Cl)ccc21.O=C(O)c1c(-n2c(=O)[nH]c3cnccc3c2=O)c2cc(C(F)(F)F)ccc2n1Cc1cc(F)ccc1F.O=C(O)c1c(-n2c(=O)[nH]c3cscc3c2=O)c2cc(C(F)(F)F)ccc2n1Cc1cc([N+](=O)[O-])ccc1F. The Morgan fingerprint density at radius 1 is 0.459 bits per heavy atom. The quantitative estimate of drug-likeness (QED) is 0.0253. The highest BCUT2D eigenvalue weighted by molar-refractivity contribution is 7.89. The van der Waals surface area contributed by atoms with Gasteiger partial charge in [-0.25, -0.2) is 82.1 Å². The van der Waals surface area contributed by atoms with Gasteiger partial charge in [0.15, 0.2) is 11.4 Å². The first kappa shape index (κ1) is 100. The Hall–Kier alpha value is -17.3. The molecule has 1 fully saturated rings. The number of aryl methyl sites for hydroxylation is 1. The molecule has 1 aliphatic rings. The molecule has 19 aromatic rings. The third-order valence-corrected chi connectivity index (χ3v) is 25.7. The number of benzene rings is 8. The second-order valence-corrected chi connectivity index (χ2v) is 36.1. The van der Waals surface area contributed by atoms with Crippen molar-refractivity contribution in [2.75, 3.05) is 32.4 Å². The van der Waals surface area contributed by atoms with E-state index in [-0.39, 0.29) is 83.2 Å². The number of sulfonamides is 1. The van der Waals surface area contributed by atoms with E-state index in [1.807, 2.05) is 0 Å². The fourth-order valence-corrected chi connectivity index (χ4v) is 19.2. The molecule has 0 bridgehead atoms. The van der Waals surface area contributed by atoms with Gasteiger partial charge in [0.25, 0.3) is 39.7 Å². The van der Waals surface area contributed by atoms with Crippen LogP contribution in [0, 0.1) is 39.2 Å². The number of carboxylic acid groups (broad SMARTS) is 2. The number of aromatic nitrogens is 13. The summed E-state index contributed by atoms with van der Waals surface area (Å²) in [5, 5.41) is 40.2. The summed E-state index contributed by atoms with van der Waals surface area (Å²) in [6, 6.07) is 27.1. The molecule has 8 aromatic carbocycles. The number of hydrogen-bond acceptors (Lipinski definition) is 20. The van der Waals surface area contributed by atoms with Crippen LogP contribution in [0.5, 0.6) is 0 Å². The molecule has 748 valence electrons. The second-order valence-electron chi connectivity index (χ2n) is 32.5. The van der Waals surface area contributed by atoms with Crippen LogP contribution in [0.15, 0.2) is 230 Å². The number of H-pyrrole nitrogens is 4. The zero-order chi connectivity index (χ0) is 105. The summed E-state index contributed by atoms with van der Waals surface area (Å²) in [5.74, 6) is -9.63. The van der Waals surface area contributed by atoms with Crippen LogP contribution in [-0.2, 0) is 55.2 Å². The lowest BCUT2D eigenvalue weighted by atomic mass is 10.1. The third-order valence-electron chi connectivity index (χ3n) is 23.5. The second kappa shape index (κ2) is 38.2. The Bertz CT molecular complexity index is 9450. The van der Waals surface area contributed by atoms with Crippen LogP contribution < -0.4 is 55.0 Å². The van der Waals surface area contributed by atoms with Crippen molar-refractivity contribution in [2.24, 2.45) is 7.05 Å². The number of carbonyl (C=O) groups is 4. The molecule has 53 heteroatoms. The molecule has 35 nitrogen and oxygen atoms in total. The van der Waals surface area contributed by atoms with E-state index in [0.717, 1.165) is 114 Å². The summed E-state index contributed by atoms with van der Waals surface area (Å²) in [4.78, 5) is 183. The molecule has 0 unspecified atom stereocenters. The van der Waals surface area contributed by atoms with Gasteiger partial charge in [0, 0.05) is 116 Å². The summed E-state index contributed by atoms with van der Waals surface area (Å²) in [7, 11) is -2.53. The van der Waals surface area contributed by atoms with Crippen molar-refractivity contribution >= 4 is 161 Å². The van der Waals surface area contributed by atoms with Gasteiger partial charge in [0.05, 0.1) is 142 Å². The van der Waals surface area contributed by atoms with Gasteiger partial charge in [-0.1, -0.05) is 23.7 Å². The number of non-ortho nitro benzene ring substituents is 1. The number of nitro benzene ring substituents is 1. The lowest BCUT2D eigenvalue weighted by Crippen LogP contribution is -2.47. The number of piperazine rings is 1. The van der Waals surface area contributed by atoms with Crippen molar-refractivity contribution in [3.63, 3.8) is 0 Å². The first-order valence-electron chi connectivity index (χ1n) is 42.0. The van der Waals surface area contributed by atoms with Gasteiger partial charge in [-0.15, -0.1) is 22.7 Å². The molecule has 8 N–H and O–H groups in total. The topological polar surface area (TPSA) is 465 Å². The summed E-state index contributed by atoms with van der Waals surface area (Å²) in [6.45, 7) is 0.473. The average molecular weight is 2100 g/mol. The van der Waals surface area contributed by atoms with Crippen molar-refractivity contribution < 1.29 is 104 Å². The van der Waals surface area contributed by atoms with Gasteiger partial charge >= 0.3 is 53.2 Å². The number of rotatable bonds is 16. The molecule has 20 rings (SSSR count). The Kier molecular flexibility index (Phi) is 26.2. The summed E-state index contributed by atoms with van der Waals surface area (Å²) in [6.07, 6.45) is -11.6. The number of para-hydroxylation sites is 1.